The average Bonchev–Trinajstić information content (AvgIpc) is 2.42. The minimum atomic E-state index is 0.533. The van der Waals surface area contributed by atoms with Crippen molar-refractivity contribution in [2.75, 3.05) is 5.73 Å². The van der Waals surface area contributed by atoms with Crippen molar-refractivity contribution in [1.29, 1.82) is 0 Å². The highest BCUT2D eigenvalue weighted by molar-refractivity contribution is 5.88. The molecular formula is C15H12N2O. The van der Waals surface area contributed by atoms with Gasteiger partial charge in [-0.3, -0.25) is 4.98 Å². The van der Waals surface area contributed by atoms with Crippen LogP contribution in [0.15, 0.2) is 60.9 Å². The number of fused-ring (bicyclic) bond motifs is 1. The maximum atomic E-state index is 5.86. The molecule has 0 atom stereocenters. The molecule has 1 heterocycles. The molecule has 3 aromatic rings. The summed E-state index contributed by atoms with van der Waals surface area (Å²) in [6, 6.07) is 15.8. The second-order valence-corrected chi connectivity index (χ2v) is 3.99. The van der Waals surface area contributed by atoms with Gasteiger partial charge < -0.3 is 10.5 Å². The lowest BCUT2D eigenvalue weighted by Crippen LogP contribution is -1.93. The number of ether oxygens (including phenoxy) is 1. The first-order valence-corrected chi connectivity index (χ1v) is 5.70. The van der Waals surface area contributed by atoms with E-state index in [0.717, 1.165) is 16.5 Å². The van der Waals surface area contributed by atoms with Gasteiger partial charge in [0.05, 0.1) is 11.9 Å². The molecule has 3 rings (SSSR count). The summed E-state index contributed by atoms with van der Waals surface area (Å²) in [6.45, 7) is 0. The first-order chi connectivity index (χ1) is 8.84. The molecule has 0 aliphatic carbocycles. The first-order valence-electron chi connectivity index (χ1n) is 5.70. The number of aromatic nitrogens is 1. The van der Waals surface area contributed by atoms with Crippen LogP contribution in [0.1, 0.15) is 0 Å². The number of anilines is 1. The molecule has 0 spiro atoms. The van der Waals surface area contributed by atoms with E-state index < -0.39 is 0 Å². The van der Waals surface area contributed by atoms with Crippen molar-refractivity contribution >= 4 is 16.5 Å². The first kappa shape index (κ1) is 10.6. The van der Waals surface area contributed by atoms with Crippen LogP contribution >= 0.6 is 0 Å². The van der Waals surface area contributed by atoms with Crippen LogP contribution < -0.4 is 10.5 Å². The lowest BCUT2D eigenvalue weighted by Gasteiger charge is -2.10. The normalized spacial score (nSPS) is 10.4. The predicted octanol–water partition coefficient (Wildman–Crippen LogP) is 3.61. The largest absolute Gasteiger partial charge is 0.454 e. The number of nitrogen functional groups attached to an aromatic ring is 1. The summed E-state index contributed by atoms with van der Waals surface area (Å²) in [7, 11) is 0. The van der Waals surface area contributed by atoms with Crippen LogP contribution in [0.5, 0.6) is 11.5 Å². The van der Waals surface area contributed by atoms with Crippen molar-refractivity contribution in [2.24, 2.45) is 0 Å². The Bertz CT molecular complexity index is 689. The van der Waals surface area contributed by atoms with E-state index in [9.17, 15) is 0 Å². The summed E-state index contributed by atoms with van der Waals surface area (Å²) in [4.78, 5) is 3.94. The van der Waals surface area contributed by atoms with Gasteiger partial charge in [-0.25, -0.2) is 0 Å². The number of benzene rings is 2. The highest BCUT2D eigenvalue weighted by Gasteiger charge is 2.05. The molecular weight excluding hydrogens is 224 g/mol. The van der Waals surface area contributed by atoms with Crippen LogP contribution in [0, 0.1) is 0 Å². The van der Waals surface area contributed by atoms with Gasteiger partial charge in [0.2, 0.25) is 0 Å². The topological polar surface area (TPSA) is 48.1 Å². The van der Waals surface area contributed by atoms with E-state index in [-0.39, 0.29) is 0 Å². The minimum Gasteiger partial charge on any atom is -0.454 e. The summed E-state index contributed by atoms with van der Waals surface area (Å²) < 4.78 is 5.86. The zero-order valence-electron chi connectivity index (χ0n) is 9.71. The highest BCUT2D eigenvalue weighted by Crippen LogP contribution is 2.31. The third-order valence-corrected chi connectivity index (χ3v) is 2.78. The van der Waals surface area contributed by atoms with Gasteiger partial charge in [-0.05, 0) is 11.5 Å². The van der Waals surface area contributed by atoms with E-state index >= 15 is 0 Å². The molecule has 0 radical (unpaired) electrons. The van der Waals surface area contributed by atoms with Gasteiger partial charge in [0.1, 0.15) is 5.75 Å². The van der Waals surface area contributed by atoms with Gasteiger partial charge in [-0.2, -0.15) is 0 Å². The smallest absolute Gasteiger partial charge is 0.153 e. The number of nitrogens with zero attached hydrogens (tertiary/aromatic N) is 1. The zero-order valence-corrected chi connectivity index (χ0v) is 9.71. The van der Waals surface area contributed by atoms with E-state index in [0.29, 0.717) is 11.4 Å². The summed E-state index contributed by atoms with van der Waals surface area (Å²) in [5.41, 5.74) is 6.36. The van der Waals surface area contributed by atoms with Gasteiger partial charge in [0.25, 0.3) is 0 Å². The van der Waals surface area contributed by atoms with Gasteiger partial charge >= 0.3 is 0 Å². The molecule has 0 aliphatic rings. The third-order valence-electron chi connectivity index (χ3n) is 2.78. The zero-order chi connectivity index (χ0) is 12.4. The standard InChI is InChI=1S/C15H12N2O/c16-13-10-17-9-8-15(13)18-14-7-3-5-11-4-1-2-6-12(11)14/h1-10H,16H2. The maximum Gasteiger partial charge on any atom is 0.153 e. The number of hydrogen-bond acceptors (Lipinski definition) is 3. The van der Waals surface area contributed by atoms with Crippen molar-refractivity contribution in [1.82, 2.24) is 4.98 Å². The van der Waals surface area contributed by atoms with Crippen molar-refractivity contribution in [3.8, 4) is 11.5 Å². The average molecular weight is 236 g/mol. The van der Waals surface area contributed by atoms with E-state index in [1.54, 1.807) is 18.5 Å². The highest BCUT2D eigenvalue weighted by atomic mass is 16.5. The Morgan fingerprint density at radius 3 is 2.61 bits per heavy atom. The fourth-order valence-corrected chi connectivity index (χ4v) is 1.89. The molecule has 0 bridgehead atoms. The number of nitrogens with two attached hydrogens (primary N) is 1. The summed E-state index contributed by atoms with van der Waals surface area (Å²) in [5, 5.41) is 2.21. The molecule has 0 aliphatic heterocycles. The lowest BCUT2D eigenvalue weighted by atomic mass is 10.1. The van der Waals surface area contributed by atoms with E-state index in [1.807, 2.05) is 30.3 Å². The van der Waals surface area contributed by atoms with Crippen molar-refractivity contribution in [3.63, 3.8) is 0 Å². The number of hydrogen-bond donors (Lipinski definition) is 1. The molecule has 3 nitrogen and oxygen atoms in total. The van der Waals surface area contributed by atoms with Crippen molar-refractivity contribution in [2.45, 2.75) is 0 Å². The molecule has 0 amide bonds. The molecule has 0 fully saturated rings. The summed E-state index contributed by atoms with van der Waals surface area (Å²) in [5.74, 6) is 1.42. The fraction of sp³-hybridized carbons (Fsp3) is 0. The Hall–Kier alpha value is -2.55. The van der Waals surface area contributed by atoms with Crippen molar-refractivity contribution in [3.05, 3.63) is 60.9 Å². The Morgan fingerprint density at radius 1 is 0.889 bits per heavy atom. The quantitative estimate of drug-likeness (QED) is 0.739. The molecule has 18 heavy (non-hydrogen) atoms. The second kappa shape index (κ2) is 4.37. The van der Waals surface area contributed by atoms with Crippen LogP contribution in [0.4, 0.5) is 5.69 Å². The van der Waals surface area contributed by atoms with Crippen LogP contribution in [0.25, 0.3) is 10.8 Å². The van der Waals surface area contributed by atoms with Crippen LogP contribution in [0.3, 0.4) is 0 Å². The van der Waals surface area contributed by atoms with Gasteiger partial charge in [-0.15, -0.1) is 0 Å². The van der Waals surface area contributed by atoms with Crippen LogP contribution in [-0.2, 0) is 0 Å². The molecule has 3 heteroatoms. The number of rotatable bonds is 2. The molecule has 1 aromatic heterocycles. The molecule has 0 saturated carbocycles. The molecule has 2 N–H and O–H groups in total. The molecule has 0 saturated heterocycles. The van der Waals surface area contributed by atoms with Gasteiger partial charge in [0.15, 0.2) is 5.75 Å². The Morgan fingerprint density at radius 2 is 1.72 bits per heavy atom. The summed E-state index contributed by atoms with van der Waals surface area (Å²) in [6.07, 6.45) is 3.25. The molecule has 88 valence electrons. The van der Waals surface area contributed by atoms with Gasteiger partial charge in [0, 0.05) is 17.6 Å². The van der Waals surface area contributed by atoms with E-state index in [2.05, 4.69) is 17.1 Å². The van der Waals surface area contributed by atoms with E-state index in [1.165, 1.54) is 0 Å². The summed E-state index contributed by atoms with van der Waals surface area (Å²) >= 11 is 0. The monoisotopic (exact) mass is 236 g/mol. The second-order valence-electron chi connectivity index (χ2n) is 3.99. The number of pyridine rings is 1. The Labute approximate surface area is 105 Å². The Kier molecular flexibility index (Phi) is 2.57. The van der Waals surface area contributed by atoms with Gasteiger partial charge in [-0.1, -0.05) is 36.4 Å². The Balaban J connectivity index is 2.08. The fourth-order valence-electron chi connectivity index (χ4n) is 1.89. The molecule has 0 unspecified atom stereocenters. The lowest BCUT2D eigenvalue weighted by molar-refractivity contribution is 0.490. The minimum absolute atomic E-state index is 0.533. The van der Waals surface area contributed by atoms with Crippen molar-refractivity contribution < 1.29 is 4.74 Å². The van der Waals surface area contributed by atoms with Crippen LogP contribution in [0.2, 0.25) is 0 Å². The molecule has 2 aromatic carbocycles. The van der Waals surface area contributed by atoms with Crippen LogP contribution in [-0.4, -0.2) is 4.98 Å². The van der Waals surface area contributed by atoms with E-state index in [4.69, 9.17) is 10.5 Å². The third kappa shape index (κ3) is 1.86. The SMILES string of the molecule is Nc1cnccc1Oc1cccc2ccccc12. The maximum absolute atomic E-state index is 5.86. The predicted molar refractivity (Wildman–Crippen MR) is 72.7 cm³/mol.